The minimum atomic E-state index is -0.286. The number of ether oxygens (including phenoxy) is 1. The molecule has 0 N–H and O–H groups in total. The van der Waals surface area contributed by atoms with Crippen molar-refractivity contribution >= 4 is 60.8 Å². The lowest BCUT2D eigenvalue weighted by molar-refractivity contribution is -0.123. The van der Waals surface area contributed by atoms with Gasteiger partial charge in [-0.25, -0.2) is 0 Å². The van der Waals surface area contributed by atoms with Crippen molar-refractivity contribution in [2.45, 2.75) is 19.9 Å². The summed E-state index contributed by atoms with van der Waals surface area (Å²) in [6.45, 7) is 2.87. The summed E-state index contributed by atoms with van der Waals surface area (Å²) >= 11 is 7.81. The van der Waals surface area contributed by atoms with Crippen molar-refractivity contribution in [3.8, 4) is 5.75 Å². The van der Waals surface area contributed by atoms with E-state index in [1.165, 1.54) is 4.90 Å². The van der Waals surface area contributed by atoms with Crippen LogP contribution in [0.4, 0.5) is 4.79 Å². The van der Waals surface area contributed by atoms with Gasteiger partial charge in [-0.2, -0.15) is 0 Å². The van der Waals surface area contributed by atoms with Gasteiger partial charge >= 0.3 is 0 Å². The van der Waals surface area contributed by atoms with E-state index in [1.54, 1.807) is 6.08 Å². The molecule has 0 radical (unpaired) electrons. The molecule has 0 bridgehead atoms. The predicted octanol–water partition coefficient (Wildman–Crippen LogP) is 6.24. The van der Waals surface area contributed by atoms with Crippen LogP contribution in [0, 0.1) is 0 Å². The Morgan fingerprint density at radius 2 is 1.89 bits per heavy atom. The number of halogens is 2. The average molecular weight is 511 g/mol. The van der Waals surface area contributed by atoms with Crippen LogP contribution in [0.1, 0.15) is 24.5 Å². The van der Waals surface area contributed by atoms with E-state index in [1.807, 2.05) is 49.4 Å². The number of rotatable bonds is 6. The summed E-state index contributed by atoms with van der Waals surface area (Å²) in [6, 6.07) is 13.2. The maximum Gasteiger partial charge on any atom is 0.293 e. The van der Waals surface area contributed by atoms with Crippen LogP contribution in [0.15, 0.2) is 56.3 Å². The normalized spacial score (nSPS) is 15.7. The third-order valence-electron chi connectivity index (χ3n) is 3.82. The summed E-state index contributed by atoms with van der Waals surface area (Å²) in [5.74, 6) is 0.408. The molecule has 2 aromatic carbocycles. The Bertz CT molecular complexity index is 914. The summed E-state index contributed by atoms with van der Waals surface area (Å²) < 4.78 is 7.55. The fourth-order valence-electron chi connectivity index (χ4n) is 2.57. The molecule has 2 aromatic rings. The highest BCUT2D eigenvalue weighted by Gasteiger charge is 2.35. The van der Waals surface area contributed by atoms with Crippen molar-refractivity contribution in [2.24, 2.45) is 0 Å². The molecule has 0 atom stereocenters. The summed E-state index contributed by atoms with van der Waals surface area (Å²) in [5.41, 5.74) is 1.66. The summed E-state index contributed by atoms with van der Waals surface area (Å²) in [6.07, 6.45) is 2.61. The van der Waals surface area contributed by atoms with E-state index in [2.05, 4.69) is 31.9 Å². The third kappa shape index (κ3) is 5.03. The van der Waals surface area contributed by atoms with E-state index in [0.29, 0.717) is 17.3 Å². The highest BCUT2D eigenvalue weighted by Crippen LogP contribution is 2.35. The molecule has 140 valence electrons. The van der Waals surface area contributed by atoms with Gasteiger partial charge in [0, 0.05) is 14.5 Å². The van der Waals surface area contributed by atoms with Gasteiger partial charge in [0.2, 0.25) is 0 Å². The third-order valence-corrected chi connectivity index (χ3v) is 5.72. The molecule has 27 heavy (non-hydrogen) atoms. The molecule has 1 saturated heterocycles. The van der Waals surface area contributed by atoms with E-state index in [-0.39, 0.29) is 17.7 Å². The molecule has 0 aliphatic carbocycles. The van der Waals surface area contributed by atoms with Crippen LogP contribution in [-0.4, -0.2) is 22.7 Å². The molecule has 3 rings (SSSR count). The number of benzene rings is 2. The Kier molecular flexibility index (Phi) is 6.78. The first-order valence-corrected chi connectivity index (χ1v) is 10.8. The van der Waals surface area contributed by atoms with Gasteiger partial charge in [-0.15, -0.1) is 0 Å². The van der Waals surface area contributed by atoms with Gasteiger partial charge in [0.15, 0.2) is 0 Å². The summed E-state index contributed by atoms with van der Waals surface area (Å²) in [4.78, 5) is 26.8. The number of nitrogens with zero attached hydrogens (tertiary/aromatic N) is 1. The number of carbonyl (C=O) groups excluding carboxylic acids is 2. The van der Waals surface area contributed by atoms with Crippen molar-refractivity contribution in [1.82, 2.24) is 4.90 Å². The molecule has 1 aliphatic heterocycles. The average Bonchev–Trinajstić information content (AvgIpc) is 2.89. The fraction of sp³-hybridized carbons (Fsp3) is 0.200. The smallest absolute Gasteiger partial charge is 0.293 e. The van der Waals surface area contributed by atoms with Crippen LogP contribution < -0.4 is 4.74 Å². The monoisotopic (exact) mass is 509 g/mol. The lowest BCUT2D eigenvalue weighted by atomic mass is 10.1. The first kappa shape index (κ1) is 20.2. The first-order chi connectivity index (χ1) is 13.0. The fourth-order valence-corrected chi connectivity index (χ4v) is 4.23. The van der Waals surface area contributed by atoms with E-state index in [9.17, 15) is 9.59 Å². The molecule has 7 heteroatoms. The Morgan fingerprint density at radius 3 is 2.63 bits per heavy atom. The summed E-state index contributed by atoms with van der Waals surface area (Å²) in [5, 5.41) is -0.266. The van der Waals surface area contributed by atoms with E-state index >= 15 is 0 Å². The lowest BCUT2D eigenvalue weighted by Crippen LogP contribution is -2.27. The van der Waals surface area contributed by atoms with Crippen LogP contribution in [-0.2, 0) is 11.3 Å². The SMILES string of the molecule is CCCOc1ccc(Br)cc1/C=C1/SC(=O)N(Cc2cccc(Br)c2)C1=O. The van der Waals surface area contributed by atoms with E-state index in [0.717, 1.165) is 38.3 Å². The van der Waals surface area contributed by atoms with Gasteiger partial charge in [0.25, 0.3) is 11.1 Å². The predicted molar refractivity (Wildman–Crippen MR) is 116 cm³/mol. The molecule has 0 aromatic heterocycles. The number of carbonyl (C=O) groups is 2. The Labute approximate surface area is 179 Å². The minimum Gasteiger partial charge on any atom is -0.493 e. The van der Waals surface area contributed by atoms with E-state index < -0.39 is 0 Å². The number of hydrogen-bond donors (Lipinski definition) is 0. The Morgan fingerprint density at radius 1 is 1.11 bits per heavy atom. The Hall–Kier alpha value is -1.57. The zero-order valence-corrected chi connectivity index (χ0v) is 18.6. The highest BCUT2D eigenvalue weighted by atomic mass is 79.9. The van der Waals surface area contributed by atoms with Crippen molar-refractivity contribution in [3.63, 3.8) is 0 Å². The summed E-state index contributed by atoms with van der Waals surface area (Å²) in [7, 11) is 0. The van der Waals surface area contributed by atoms with Gasteiger partial charge in [-0.1, -0.05) is 50.9 Å². The second-order valence-electron chi connectivity index (χ2n) is 5.93. The highest BCUT2D eigenvalue weighted by molar-refractivity contribution is 9.10. The topological polar surface area (TPSA) is 46.6 Å². The molecule has 1 fully saturated rings. The number of hydrogen-bond acceptors (Lipinski definition) is 4. The molecule has 0 unspecified atom stereocenters. The van der Waals surface area contributed by atoms with Crippen LogP contribution in [0.2, 0.25) is 0 Å². The molecular formula is C20H17Br2NO3S. The maximum atomic E-state index is 12.8. The van der Waals surface area contributed by atoms with Gasteiger partial charge in [0.1, 0.15) is 5.75 Å². The molecule has 1 heterocycles. The van der Waals surface area contributed by atoms with Crippen molar-refractivity contribution in [2.75, 3.05) is 6.61 Å². The van der Waals surface area contributed by atoms with Crippen molar-refractivity contribution in [1.29, 1.82) is 0 Å². The van der Waals surface area contributed by atoms with Gasteiger partial charge in [0.05, 0.1) is 18.1 Å². The second kappa shape index (κ2) is 9.08. The zero-order valence-electron chi connectivity index (χ0n) is 14.6. The molecular weight excluding hydrogens is 494 g/mol. The molecule has 4 nitrogen and oxygen atoms in total. The maximum absolute atomic E-state index is 12.8. The second-order valence-corrected chi connectivity index (χ2v) is 8.75. The number of amides is 2. The lowest BCUT2D eigenvalue weighted by Gasteiger charge is -2.12. The van der Waals surface area contributed by atoms with Gasteiger partial charge in [-0.3, -0.25) is 14.5 Å². The van der Waals surface area contributed by atoms with E-state index in [4.69, 9.17) is 4.74 Å². The largest absolute Gasteiger partial charge is 0.493 e. The number of imide groups is 1. The Balaban J connectivity index is 1.85. The minimum absolute atomic E-state index is 0.249. The van der Waals surface area contributed by atoms with Crippen LogP contribution in [0.25, 0.3) is 6.08 Å². The zero-order chi connectivity index (χ0) is 19.4. The van der Waals surface area contributed by atoms with Crippen LogP contribution in [0.3, 0.4) is 0 Å². The van der Waals surface area contributed by atoms with Crippen molar-refractivity contribution in [3.05, 3.63) is 67.4 Å². The first-order valence-electron chi connectivity index (χ1n) is 8.40. The van der Waals surface area contributed by atoms with Crippen molar-refractivity contribution < 1.29 is 14.3 Å². The molecule has 2 amide bonds. The van der Waals surface area contributed by atoms with Gasteiger partial charge in [-0.05, 0) is 60.2 Å². The molecule has 0 saturated carbocycles. The quantitative estimate of drug-likeness (QED) is 0.431. The number of thioether (sulfide) groups is 1. The molecule has 1 aliphatic rings. The molecule has 0 spiro atoms. The van der Waals surface area contributed by atoms with Crippen LogP contribution in [0.5, 0.6) is 5.75 Å². The van der Waals surface area contributed by atoms with Gasteiger partial charge < -0.3 is 4.74 Å². The standard InChI is InChI=1S/C20H17Br2NO3S/c1-2-8-26-17-7-6-16(22)10-14(17)11-18-19(24)23(20(25)27-18)12-13-4-3-5-15(21)9-13/h3-7,9-11H,2,8,12H2,1H3/b18-11+. The van der Waals surface area contributed by atoms with Crippen LogP contribution >= 0.6 is 43.6 Å².